The van der Waals surface area contributed by atoms with Crippen LogP contribution in [-0.2, 0) is 4.74 Å². The normalized spacial score (nSPS) is 12.5. The Morgan fingerprint density at radius 1 is 0.651 bits per heavy atom. The molecule has 1 fully saturated rings. The van der Waals surface area contributed by atoms with Gasteiger partial charge in [-0.2, -0.15) is 0 Å². The zero-order valence-electron chi connectivity index (χ0n) is 35.1. The largest absolute Gasteiger partial charge is 0.463 e. The zero-order chi connectivity index (χ0) is 44.5. The molecule has 1 aliphatic heterocycles. The Morgan fingerprint density at radius 3 is 1.54 bits per heavy atom. The topological polar surface area (TPSA) is 124 Å². The Hall–Kier alpha value is -6.94. The number of imidazole rings is 2. The third-order valence-electron chi connectivity index (χ3n) is 10.2. The van der Waals surface area contributed by atoms with Gasteiger partial charge >= 0.3 is 5.97 Å². The number of piperazine rings is 1. The molecule has 0 aliphatic carbocycles. The number of amides is 1. The molecule has 1 aliphatic rings. The van der Waals surface area contributed by atoms with Gasteiger partial charge in [0.05, 0.1) is 31.2 Å². The van der Waals surface area contributed by atoms with Crippen LogP contribution in [0.4, 0.5) is 29.3 Å². The van der Waals surface area contributed by atoms with Gasteiger partial charge in [-0.15, -0.1) is 0 Å². The van der Waals surface area contributed by atoms with Crippen molar-refractivity contribution in [1.82, 2.24) is 24.0 Å². The van der Waals surface area contributed by atoms with E-state index in [4.69, 9.17) is 18.0 Å². The molecule has 3 aromatic carbocycles. The van der Waals surface area contributed by atoms with E-state index in [1.54, 1.807) is 61.2 Å². The first kappa shape index (κ1) is 47.1. The number of ether oxygens (including phenoxy) is 1. The summed E-state index contributed by atoms with van der Waals surface area (Å²) in [5.74, 6) is -0.139. The molecule has 0 unspecified atom stereocenters. The number of nitrogens with one attached hydrogen (secondary N) is 1. The first-order valence-electron chi connectivity index (χ1n) is 19.8. The maximum Gasteiger partial charge on any atom is 0.373 e. The maximum atomic E-state index is 13.5. The van der Waals surface area contributed by atoms with Crippen molar-refractivity contribution in [2.24, 2.45) is 0 Å². The quantitative estimate of drug-likeness (QED) is 0.106. The number of furan rings is 2. The van der Waals surface area contributed by atoms with Crippen molar-refractivity contribution in [3.05, 3.63) is 133 Å². The SMILES string of the molecule is C.CC(C)n1cnc(-c2ccc(F)cc2)c1-c1ccc(C(=O)Nc2ccc(N3CCN(C)CC3)cc2)o1.COC(=O)c1ccc(-c2c(-c3ccc(F)cc3)ncn2C(C)C)o1.FF. The first-order chi connectivity index (χ1) is 29.9. The predicted molar refractivity (Wildman–Crippen MR) is 236 cm³/mol. The fourth-order valence-corrected chi connectivity index (χ4v) is 6.91. The third kappa shape index (κ3) is 10.9. The van der Waals surface area contributed by atoms with Crippen molar-refractivity contribution < 1.29 is 41.1 Å². The average molecular weight is 870 g/mol. The summed E-state index contributed by atoms with van der Waals surface area (Å²) < 4.78 is 62.9. The number of hydrogen-bond acceptors (Lipinski definition) is 9. The molecule has 12 nitrogen and oxygen atoms in total. The summed E-state index contributed by atoms with van der Waals surface area (Å²) in [6, 6.07) is 27.1. The van der Waals surface area contributed by atoms with Crippen molar-refractivity contribution >= 4 is 23.3 Å². The Balaban J connectivity index is 0.000000242. The van der Waals surface area contributed by atoms with E-state index in [-0.39, 0.29) is 48.6 Å². The van der Waals surface area contributed by atoms with Crippen LogP contribution in [0.2, 0.25) is 0 Å². The van der Waals surface area contributed by atoms with Crippen molar-refractivity contribution in [2.75, 3.05) is 50.6 Å². The highest BCUT2D eigenvalue weighted by molar-refractivity contribution is 6.02. The minimum atomic E-state index is -0.541. The second-order valence-electron chi connectivity index (χ2n) is 15.0. The summed E-state index contributed by atoms with van der Waals surface area (Å²) in [5, 5.41) is 2.92. The molecule has 63 heavy (non-hydrogen) atoms. The Morgan fingerprint density at radius 2 is 1.10 bits per heavy atom. The Bertz CT molecular complexity index is 2550. The molecular weight excluding hydrogens is 819 g/mol. The monoisotopic (exact) mass is 869 g/mol. The lowest BCUT2D eigenvalue weighted by Gasteiger charge is -2.34. The lowest BCUT2D eigenvalue weighted by molar-refractivity contribution is 0.0566. The first-order valence-corrected chi connectivity index (χ1v) is 19.8. The highest BCUT2D eigenvalue weighted by Crippen LogP contribution is 2.36. The van der Waals surface area contributed by atoms with Crippen LogP contribution in [0.1, 0.15) is 68.3 Å². The molecule has 0 bridgehead atoms. The number of hydrogen-bond donors (Lipinski definition) is 1. The molecule has 16 heteroatoms. The van der Waals surface area contributed by atoms with Gasteiger partial charge in [0.15, 0.2) is 17.3 Å². The number of carbonyl (C=O) groups excluding carboxylic acids is 2. The zero-order valence-corrected chi connectivity index (χ0v) is 35.1. The van der Waals surface area contributed by atoms with Gasteiger partial charge in [0.2, 0.25) is 5.76 Å². The van der Waals surface area contributed by atoms with E-state index in [0.29, 0.717) is 28.6 Å². The summed E-state index contributed by atoms with van der Waals surface area (Å²) in [4.78, 5) is 38.3. The van der Waals surface area contributed by atoms with E-state index >= 15 is 0 Å². The number of benzene rings is 3. The van der Waals surface area contributed by atoms with Crippen LogP contribution < -0.4 is 10.2 Å². The molecule has 7 aromatic rings. The lowest BCUT2D eigenvalue weighted by atomic mass is 10.1. The molecule has 4 aromatic heterocycles. The van der Waals surface area contributed by atoms with Gasteiger partial charge in [0.25, 0.3) is 5.91 Å². The maximum absolute atomic E-state index is 13.5. The molecule has 8 rings (SSSR count). The van der Waals surface area contributed by atoms with Crippen LogP contribution in [0.15, 0.2) is 119 Å². The van der Waals surface area contributed by atoms with Crippen molar-refractivity contribution in [1.29, 1.82) is 0 Å². The Kier molecular flexibility index (Phi) is 15.9. The van der Waals surface area contributed by atoms with Crippen molar-refractivity contribution in [3.8, 4) is 45.4 Å². The van der Waals surface area contributed by atoms with Gasteiger partial charge in [0.1, 0.15) is 23.0 Å². The van der Waals surface area contributed by atoms with E-state index < -0.39 is 5.97 Å². The van der Waals surface area contributed by atoms with Crippen LogP contribution in [0.3, 0.4) is 0 Å². The third-order valence-corrected chi connectivity index (χ3v) is 10.2. The number of carbonyl (C=O) groups is 2. The van der Waals surface area contributed by atoms with Crippen LogP contribution in [0.5, 0.6) is 0 Å². The van der Waals surface area contributed by atoms with Crippen LogP contribution >= 0.6 is 0 Å². The number of nitrogens with zero attached hydrogens (tertiary/aromatic N) is 6. The van der Waals surface area contributed by atoms with Gasteiger partial charge in [-0.1, -0.05) is 7.43 Å². The number of rotatable bonds is 10. The van der Waals surface area contributed by atoms with Gasteiger partial charge in [-0.05, 0) is 132 Å². The van der Waals surface area contributed by atoms with Crippen molar-refractivity contribution in [2.45, 2.75) is 47.2 Å². The summed E-state index contributed by atoms with van der Waals surface area (Å²) >= 11 is 0. The van der Waals surface area contributed by atoms with E-state index in [0.717, 1.165) is 54.4 Å². The van der Waals surface area contributed by atoms with Crippen LogP contribution in [0.25, 0.3) is 45.4 Å². The van der Waals surface area contributed by atoms with Crippen LogP contribution in [0, 0.1) is 11.6 Å². The smallest absolute Gasteiger partial charge is 0.373 e. The summed E-state index contributed by atoms with van der Waals surface area (Å²) in [7, 11) is 3.43. The molecule has 0 radical (unpaired) electrons. The van der Waals surface area contributed by atoms with E-state index in [1.807, 2.05) is 61.1 Å². The highest BCUT2D eigenvalue weighted by atomic mass is 20.0. The standard InChI is InChI=1S/C28H30FN5O2.C18H17FN2O3.CH4.F2/c1-19(2)34-18-30-26(20-4-6-21(29)7-5-20)27(34)24-12-13-25(36-24)28(35)31-22-8-10-23(11-9-22)33-16-14-32(3)15-17-33;1-11(2)21-10-20-16(12-4-6-13(19)7-5-12)17(21)14-8-9-15(24-14)18(22)23-3;;1-2/h4-13,18-19H,14-17H2,1-3H3,(H,31,35);4-11H,1-3H3;1H4;. The second kappa shape index (κ2) is 21.2. The van der Waals surface area contributed by atoms with Gasteiger partial charge in [-0.3, -0.25) is 4.79 Å². The fraction of sp³-hybridized carbons (Fsp3) is 0.277. The number of halogens is 4. The molecule has 1 amide bonds. The minimum Gasteiger partial charge on any atom is -0.463 e. The fourth-order valence-electron chi connectivity index (χ4n) is 6.91. The molecular formula is C47H51F4N7O5. The molecule has 332 valence electrons. The second-order valence-corrected chi connectivity index (χ2v) is 15.0. The predicted octanol–water partition coefficient (Wildman–Crippen LogP) is 11.3. The minimum absolute atomic E-state index is 0. The van der Waals surface area contributed by atoms with Gasteiger partial charge in [-0.25, -0.2) is 23.5 Å². The molecule has 0 atom stereocenters. The van der Waals surface area contributed by atoms with E-state index in [2.05, 4.69) is 36.9 Å². The molecule has 5 heterocycles. The number of anilines is 2. The van der Waals surface area contributed by atoms with Gasteiger partial charge in [0, 0.05) is 69.9 Å². The molecule has 1 saturated heterocycles. The average Bonchev–Trinajstić information content (AvgIpc) is 4.12. The van der Waals surface area contributed by atoms with Gasteiger partial charge < -0.3 is 37.8 Å². The molecule has 0 spiro atoms. The summed E-state index contributed by atoms with van der Waals surface area (Å²) in [6.07, 6.45) is 3.45. The Labute approximate surface area is 363 Å². The number of esters is 1. The molecule has 0 saturated carbocycles. The summed E-state index contributed by atoms with van der Waals surface area (Å²) in [5.41, 5.74) is 6.19. The number of likely N-dealkylation sites (N-methyl/N-ethyl adjacent to an activating group) is 1. The van der Waals surface area contributed by atoms with E-state index in [9.17, 15) is 18.4 Å². The molecule has 1 N–H and O–H groups in total. The summed E-state index contributed by atoms with van der Waals surface area (Å²) in [6.45, 7) is 12.2. The van der Waals surface area contributed by atoms with Crippen LogP contribution in [-0.4, -0.2) is 76.2 Å². The number of methoxy groups -OCH3 is 1. The van der Waals surface area contributed by atoms with Crippen molar-refractivity contribution in [3.63, 3.8) is 0 Å². The highest BCUT2D eigenvalue weighted by Gasteiger charge is 2.23. The van der Waals surface area contributed by atoms with E-state index in [1.165, 1.54) is 31.4 Å². The lowest BCUT2D eigenvalue weighted by Crippen LogP contribution is -2.44. The number of aromatic nitrogens is 4.